The number of hydrogen-bond acceptors (Lipinski definition) is 3. The van der Waals surface area contributed by atoms with E-state index in [1.165, 1.54) is 6.07 Å². The first-order chi connectivity index (χ1) is 10.5. The second-order valence-electron chi connectivity index (χ2n) is 4.40. The number of hydrogen-bond donors (Lipinski definition) is 1. The highest BCUT2D eigenvalue weighted by Crippen LogP contribution is 2.35. The SMILES string of the molecule is CCOc1cc(C(=O)O)cc(I)c1OCc1ccccc1Cl. The Kier molecular flexibility index (Phi) is 5.90. The van der Waals surface area contributed by atoms with Crippen molar-refractivity contribution in [3.8, 4) is 11.5 Å². The van der Waals surface area contributed by atoms with Gasteiger partial charge >= 0.3 is 5.97 Å². The molecule has 2 aromatic rings. The van der Waals surface area contributed by atoms with Crippen LogP contribution in [0.5, 0.6) is 11.5 Å². The molecule has 0 amide bonds. The third-order valence-electron chi connectivity index (χ3n) is 2.89. The molecule has 0 aliphatic rings. The molecule has 0 saturated carbocycles. The molecule has 0 unspecified atom stereocenters. The fourth-order valence-corrected chi connectivity index (χ4v) is 2.81. The Morgan fingerprint density at radius 1 is 1.27 bits per heavy atom. The van der Waals surface area contributed by atoms with Crippen molar-refractivity contribution < 1.29 is 19.4 Å². The van der Waals surface area contributed by atoms with Crippen molar-refractivity contribution in [3.63, 3.8) is 0 Å². The van der Waals surface area contributed by atoms with Gasteiger partial charge in [-0.05, 0) is 47.7 Å². The van der Waals surface area contributed by atoms with Gasteiger partial charge in [0.1, 0.15) is 6.61 Å². The minimum atomic E-state index is -1.00. The lowest BCUT2D eigenvalue weighted by atomic mass is 10.2. The Morgan fingerprint density at radius 2 is 2.00 bits per heavy atom. The third kappa shape index (κ3) is 4.04. The van der Waals surface area contributed by atoms with E-state index in [1.807, 2.05) is 47.7 Å². The van der Waals surface area contributed by atoms with Crippen molar-refractivity contribution in [2.24, 2.45) is 0 Å². The van der Waals surface area contributed by atoms with Gasteiger partial charge in [0, 0.05) is 10.6 Å². The van der Waals surface area contributed by atoms with Gasteiger partial charge in [-0.3, -0.25) is 0 Å². The Hall–Kier alpha value is -1.47. The molecule has 0 spiro atoms. The molecule has 0 aliphatic carbocycles. The third-order valence-corrected chi connectivity index (χ3v) is 4.06. The summed E-state index contributed by atoms with van der Waals surface area (Å²) in [5.41, 5.74) is 1.02. The van der Waals surface area contributed by atoms with Gasteiger partial charge in [0.15, 0.2) is 11.5 Å². The summed E-state index contributed by atoms with van der Waals surface area (Å²) in [5.74, 6) is -0.0669. The highest BCUT2D eigenvalue weighted by molar-refractivity contribution is 14.1. The molecule has 1 N–H and O–H groups in total. The van der Waals surface area contributed by atoms with Gasteiger partial charge in [-0.2, -0.15) is 0 Å². The zero-order valence-corrected chi connectivity index (χ0v) is 14.7. The molecule has 0 fully saturated rings. The van der Waals surface area contributed by atoms with Crippen LogP contribution in [0.15, 0.2) is 36.4 Å². The highest BCUT2D eigenvalue weighted by Gasteiger charge is 2.16. The summed E-state index contributed by atoms with van der Waals surface area (Å²) in [7, 11) is 0. The van der Waals surface area contributed by atoms with E-state index < -0.39 is 5.97 Å². The van der Waals surface area contributed by atoms with Crippen LogP contribution in [0.3, 0.4) is 0 Å². The number of carboxylic acid groups (broad SMARTS) is 1. The molecule has 0 aromatic heterocycles. The van der Waals surface area contributed by atoms with Gasteiger partial charge < -0.3 is 14.6 Å². The molecule has 6 heteroatoms. The molecule has 0 atom stereocenters. The molecule has 0 saturated heterocycles. The molecule has 0 heterocycles. The van der Waals surface area contributed by atoms with E-state index in [9.17, 15) is 4.79 Å². The van der Waals surface area contributed by atoms with Gasteiger partial charge in [0.2, 0.25) is 0 Å². The van der Waals surface area contributed by atoms with Gasteiger partial charge in [-0.25, -0.2) is 4.79 Å². The lowest BCUT2D eigenvalue weighted by molar-refractivity contribution is 0.0696. The van der Waals surface area contributed by atoms with Crippen molar-refractivity contribution >= 4 is 40.2 Å². The summed E-state index contributed by atoms with van der Waals surface area (Å²) in [5, 5.41) is 9.74. The van der Waals surface area contributed by atoms with E-state index in [4.69, 9.17) is 26.2 Å². The minimum Gasteiger partial charge on any atom is -0.490 e. The van der Waals surface area contributed by atoms with Crippen LogP contribution in [-0.2, 0) is 6.61 Å². The molecule has 0 radical (unpaired) electrons. The monoisotopic (exact) mass is 432 g/mol. The fourth-order valence-electron chi connectivity index (χ4n) is 1.86. The standard InChI is InChI=1S/C16H14ClIO4/c1-2-21-14-8-11(16(19)20)7-13(18)15(14)22-9-10-5-3-4-6-12(10)17/h3-8H,2,9H2,1H3,(H,19,20). The van der Waals surface area contributed by atoms with Crippen LogP contribution in [0.1, 0.15) is 22.8 Å². The van der Waals surface area contributed by atoms with Crippen molar-refractivity contribution in [1.82, 2.24) is 0 Å². The van der Waals surface area contributed by atoms with Crippen LogP contribution in [-0.4, -0.2) is 17.7 Å². The Bertz CT molecular complexity index is 688. The van der Waals surface area contributed by atoms with E-state index >= 15 is 0 Å². The molecule has 116 valence electrons. The topological polar surface area (TPSA) is 55.8 Å². The quantitative estimate of drug-likeness (QED) is 0.677. The van der Waals surface area contributed by atoms with Gasteiger partial charge in [0.25, 0.3) is 0 Å². The van der Waals surface area contributed by atoms with Crippen LogP contribution >= 0.6 is 34.2 Å². The largest absolute Gasteiger partial charge is 0.490 e. The average Bonchev–Trinajstić information content (AvgIpc) is 2.48. The summed E-state index contributed by atoms with van der Waals surface area (Å²) in [4.78, 5) is 11.1. The van der Waals surface area contributed by atoms with Gasteiger partial charge in [0.05, 0.1) is 15.7 Å². The van der Waals surface area contributed by atoms with E-state index in [2.05, 4.69) is 0 Å². The molecule has 4 nitrogen and oxygen atoms in total. The molecule has 2 rings (SSSR count). The molecule has 22 heavy (non-hydrogen) atoms. The molecular weight excluding hydrogens is 419 g/mol. The summed E-state index contributed by atoms with van der Waals surface area (Å²) < 4.78 is 12.0. The smallest absolute Gasteiger partial charge is 0.335 e. The van der Waals surface area contributed by atoms with E-state index in [1.54, 1.807) is 12.1 Å². The van der Waals surface area contributed by atoms with E-state index in [0.29, 0.717) is 26.7 Å². The Labute approximate surface area is 147 Å². The molecule has 0 bridgehead atoms. The van der Waals surface area contributed by atoms with E-state index in [-0.39, 0.29) is 12.2 Å². The van der Waals surface area contributed by atoms with Crippen molar-refractivity contribution in [3.05, 3.63) is 56.1 Å². The molecular formula is C16H14ClIO4. The van der Waals surface area contributed by atoms with Crippen LogP contribution in [0.25, 0.3) is 0 Å². The molecule has 2 aromatic carbocycles. The zero-order valence-electron chi connectivity index (χ0n) is 11.8. The predicted molar refractivity (Wildman–Crippen MR) is 93.1 cm³/mol. The first-order valence-corrected chi connectivity index (χ1v) is 8.04. The van der Waals surface area contributed by atoms with Crippen LogP contribution in [0.4, 0.5) is 0 Å². The second kappa shape index (κ2) is 7.69. The summed E-state index contributed by atoms with van der Waals surface area (Å²) in [6, 6.07) is 10.4. The maximum Gasteiger partial charge on any atom is 0.335 e. The number of halogens is 2. The maximum absolute atomic E-state index is 11.1. The van der Waals surface area contributed by atoms with Gasteiger partial charge in [-0.15, -0.1) is 0 Å². The van der Waals surface area contributed by atoms with Crippen LogP contribution < -0.4 is 9.47 Å². The molecule has 0 aliphatic heterocycles. The lowest BCUT2D eigenvalue weighted by Crippen LogP contribution is -2.05. The maximum atomic E-state index is 11.1. The van der Waals surface area contributed by atoms with E-state index in [0.717, 1.165) is 5.56 Å². The average molecular weight is 433 g/mol. The Balaban J connectivity index is 2.29. The first-order valence-electron chi connectivity index (χ1n) is 6.58. The number of aromatic carboxylic acids is 1. The van der Waals surface area contributed by atoms with Crippen LogP contribution in [0, 0.1) is 3.57 Å². The number of benzene rings is 2. The summed E-state index contributed by atoms with van der Waals surface area (Å²) >= 11 is 8.14. The van der Waals surface area contributed by atoms with Gasteiger partial charge in [-0.1, -0.05) is 29.8 Å². The Morgan fingerprint density at radius 3 is 2.64 bits per heavy atom. The fraction of sp³-hybridized carbons (Fsp3) is 0.188. The van der Waals surface area contributed by atoms with Crippen LogP contribution in [0.2, 0.25) is 5.02 Å². The normalized spacial score (nSPS) is 10.3. The first kappa shape index (κ1) is 16.9. The number of carboxylic acids is 1. The summed E-state index contributed by atoms with van der Waals surface area (Å²) in [6.45, 7) is 2.53. The highest BCUT2D eigenvalue weighted by atomic mass is 127. The van der Waals surface area contributed by atoms with Crippen molar-refractivity contribution in [2.75, 3.05) is 6.61 Å². The number of carbonyl (C=O) groups is 1. The predicted octanol–water partition coefficient (Wildman–Crippen LogP) is 4.62. The lowest BCUT2D eigenvalue weighted by Gasteiger charge is -2.15. The number of ether oxygens (including phenoxy) is 2. The zero-order chi connectivity index (χ0) is 16.1. The number of rotatable bonds is 6. The van der Waals surface area contributed by atoms with Crippen molar-refractivity contribution in [1.29, 1.82) is 0 Å². The summed E-state index contributed by atoms with van der Waals surface area (Å²) in [6.07, 6.45) is 0. The minimum absolute atomic E-state index is 0.165. The van der Waals surface area contributed by atoms with Crippen molar-refractivity contribution in [2.45, 2.75) is 13.5 Å². The second-order valence-corrected chi connectivity index (χ2v) is 5.97.